The van der Waals surface area contributed by atoms with E-state index in [4.69, 9.17) is 4.74 Å². The van der Waals surface area contributed by atoms with Crippen molar-refractivity contribution in [2.24, 2.45) is 0 Å². The molecule has 0 bridgehead atoms. The summed E-state index contributed by atoms with van der Waals surface area (Å²) in [7, 11) is 0. The molecule has 2 rings (SSSR count). The Morgan fingerprint density at radius 3 is 2.36 bits per heavy atom. The van der Waals surface area contributed by atoms with Crippen LogP contribution in [-0.4, -0.2) is 37.1 Å². The third-order valence-electron chi connectivity index (χ3n) is 2.18. The third kappa shape index (κ3) is 3.13. The van der Waals surface area contributed by atoms with Gasteiger partial charge in [-0.15, -0.1) is 0 Å². The number of nitrogens with zero attached hydrogens (tertiary/aromatic N) is 1. The number of hydrogen-bond acceptors (Lipinski definition) is 1. The molecule has 2 nitrogen and oxygen atoms in total. The molecule has 0 amide bonds. The summed E-state index contributed by atoms with van der Waals surface area (Å²) in [4.78, 5) is 0. The average molecular weight is 212 g/mol. The predicted octanol–water partition coefficient (Wildman–Crippen LogP) is -1.85. The van der Waals surface area contributed by atoms with Gasteiger partial charge in [-0.2, -0.15) is 0 Å². The van der Waals surface area contributed by atoms with Gasteiger partial charge in [0.25, 0.3) is 0 Å². The number of benzene rings is 1. The van der Waals surface area contributed by atoms with Crippen molar-refractivity contribution in [2.75, 3.05) is 26.3 Å². The molecule has 14 heavy (non-hydrogen) atoms. The third-order valence-corrected chi connectivity index (χ3v) is 2.18. The fourth-order valence-corrected chi connectivity index (χ4v) is 1.46. The van der Waals surface area contributed by atoms with Crippen LogP contribution < -0.4 is 12.4 Å². The van der Waals surface area contributed by atoms with Gasteiger partial charge in [0.2, 0.25) is 0 Å². The van der Waals surface area contributed by atoms with Gasteiger partial charge in [-0.25, -0.2) is 4.58 Å². The Hall–Kier alpha value is -0.860. The summed E-state index contributed by atoms with van der Waals surface area (Å²) in [5.41, 5.74) is 1.27. The zero-order valence-electron chi connectivity index (χ0n) is 8.03. The van der Waals surface area contributed by atoms with Crippen LogP contribution in [-0.2, 0) is 4.74 Å². The Morgan fingerprint density at radius 1 is 1.07 bits per heavy atom. The molecule has 1 aromatic carbocycles. The van der Waals surface area contributed by atoms with Crippen LogP contribution in [0.5, 0.6) is 0 Å². The number of halogens is 1. The van der Waals surface area contributed by atoms with Crippen molar-refractivity contribution in [2.45, 2.75) is 0 Å². The van der Waals surface area contributed by atoms with Gasteiger partial charge >= 0.3 is 0 Å². The number of hydrogen-bond donors (Lipinski definition) is 0. The fourth-order valence-electron chi connectivity index (χ4n) is 1.46. The van der Waals surface area contributed by atoms with Gasteiger partial charge in [0, 0.05) is 5.56 Å². The van der Waals surface area contributed by atoms with Crippen molar-refractivity contribution < 1.29 is 21.7 Å². The van der Waals surface area contributed by atoms with E-state index in [-0.39, 0.29) is 12.4 Å². The van der Waals surface area contributed by atoms with E-state index in [1.807, 2.05) is 6.07 Å². The lowest BCUT2D eigenvalue weighted by Crippen LogP contribution is -3.00. The molecule has 3 heteroatoms. The molecule has 0 radical (unpaired) electrons. The maximum absolute atomic E-state index is 5.28. The highest BCUT2D eigenvalue weighted by atomic mass is 35.5. The summed E-state index contributed by atoms with van der Waals surface area (Å²) in [6.07, 6.45) is 2.20. The second-order valence-electron chi connectivity index (χ2n) is 3.19. The lowest BCUT2D eigenvalue weighted by Gasteiger charge is -2.10. The van der Waals surface area contributed by atoms with Crippen LogP contribution in [0.25, 0.3) is 0 Å². The maximum Gasteiger partial charge on any atom is 0.170 e. The minimum Gasteiger partial charge on any atom is -1.00 e. The Morgan fingerprint density at radius 2 is 1.71 bits per heavy atom. The van der Waals surface area contributed by atoms with Gasteiger partial charge in [-0.05, 0) is 12.1 Å². The lowest BCUT2D eigenvalue weighted by molar-refractivity contribution is -0.544. The molecule has 0 N–H and O–H groups in total. The first kappa shape index (κ1) is 11.2. The Balaban J connectivity index is 0.000000980. The molecular formula is C11H14ClNO. The van der Waals surface area contributed by atoms with Crippen molar-refractivity contribution in [3.05, 3.63) is 35.9 Å². The van der Waals surface area contributed by atoms with Crippen LogP contribution in [0.3, 0.4) is 0 Å². The monoisotopic (exact) mass is 211 g/mol. The van der Waals surface area contributed by atoms with E-state index in [2.05, 4.69) is 35.1 Å². The Kier molecular flexibility index (Phi) is 4.63. The fraction of sp³-hybridized carbons (Fsp3) is 0.364. The minimum absolute atomic E-state index is 0. The van der Waals surface area contributed by atoms with E-state index in [1.165, 1.54) is 5.56 Å². The van der Waals surface area contributed by atoms with Crippen LogP contribution in [0.2, 0.25) is 0 Å². The molecular weight excluding hydrogens is 198 g/mol. The normalized spacial score (nSPS) is 15.9. The first-order valence-corrected chi connectivity index (χ1v) is 4.67. The van der Waals surface area contributed by atoms with Crippen LogP contribution in [0.4, 0.5) is 0 Å². The van der Waals surface area contributed by atoms with Crippen LogP contribution >= 0.6 is 0 Å². The number of ether oxygens (including phenoxy) is 1. The molecule has 1 saturated heterocycles. The van der Waals surface area contributed by atoms with E-state index in [9.17, 15) is 0 Å². The highest BCUT2D eigenvalue weighted by molar-refractivity contribution is 5.75. The topological polar surface area (TPSA) is 12.2 Å². The number of morpholine rings is 1. The first-order valence-electron chi connectivity index (χ1n) is 4.67. The van der Waals surface area contributed by atoms with Gasteiger partial charge in [0.15, 0.2) is 19.3 Å². The zero-order valence-corrected chi connectivity index (χ0v) is 8.78. The number of rotatable bonds is 1. The average Bonchev–Trinajstić information content (AvgIpc) is 2.21. The molecule has 0 aromatic heterocycles. The minimum atomic E-state index is 0. The molecule has 1 aliphatic rings. The van der Waals surface area contributed by atoms with E-state index < -0.39 is 0 Å². The van der Waals surface area contributed by atoms with Crippen molar-refractivity contribution in [1.29, 1.82) is 0 Å². The van der Waals surface area contributed by atoms with Crippen LogP contribution in [0.1, 0.15) is 5.56 Å². The lowest BCUT2D eigenvalue weighted by atomic mass is 10.2. The van der Waals surface area contributed by atoms with Gasteiger partial charge < -0.3 is 17.1 Å². The highest BCUT2D eigenvalue weighted by Gasteiger charge is 2.09. The van der Waals surface area contributed by atoms with Crippen LogP contribution in [0.15, 0.2) is 30.3 Å². The van der Waals surface area contributed by atoms with Crippen molar-refractivity contribution in [3.8, 4) is 0 Å². The van der Waals surface area contributed by atoms with Crippen molar-refractivity contribution in [1.82, 2.24) is 0 Å². The largest absolute Gasteiger partial charge is 1.00 e. The molecule has 1 fully saturated rings. The zero-order chi connectivity index (χ0) is 8.93. The quantitative estimate of drug-likeness (QED) is 0.497. The van der Waals surface area contributed by atoms with E-state index in [1.54, 1.807) is 0 Å². The smallest absolute Gasteiger partial charge is 0.170 e. The molecule has 1 aromatic rings. The van der Waals surface area contributed by atoms with Crippen molar-refractivity contribution in [3.63, 3.8) is 0 Å². The van der Waals surface area contributed by atoms with Gasteiger partial charge in [0.05, 0.1) is 0 Å². The highest BCUT2D eigenvalue weighted by Crippen LogP contribution is 1.96. The summed E-state index contributed by atoms with van der Waals surface area (Å²) in [5.74, 6) is 0. The molecule has 0 aliphatic carbocycles. The molecule has 0 atom stereocenters. The summed E-state index contributed by atoms with van der Waals surface area (Å²) in [5, 5.41) is 0. The van der Waals surface area contributed by atoms with Gasteiger partial charge in [0.1, 0.15) is 13.2 Å². The van der Waals surface area contributed by atoms with E-state index in [0.717, 1.165) is 26.3 Å². The summed E-state index contributed by atoms with van der Waals surface area (Å²) in [6, 6.07) is 10.4. The Bertz CT molecular complexity index is 289. The predicted molar refractivity (Wildman–Crippen MR) is 52.4 cm³/mol. The summed E-state index contributed by atoms with van der Waals surface area (Å²) >= 11 is 0. The van der Waals surface area contributed by atoms with Crippen LogP contribution in [0, 0.1) is 0 Å². The maximum atomic E-state index is 5.28. The first-order chi connectivity index (χ1) is 6.45. The molecule has 1 aliphatic heterocycles. The molecule has 1 heterocycles. The second kappa shape index (κ2) is 5.78. The van der Waals surface area contributed by atoms with Crippen molar-refractivity contribution >= 4 is 6.21 Å². The second-order valence-corrected chi connectivity index (χ2v) is 3.19. The van der Waals surface area contributed by atoms with Gasteiger partial charge in [-0.3, -0.25) is 0 Å². The molecule has 0 saturated carbocycles. The molecule has 76 valence electrons. The van der Waals surface area contributed by atoms with E-state index >= 15 is 0 Å². The summed E-state index contributed by atoms with van der Waals surface area (Å²) < 4.78 is 7.58. The summed E-state index contributed by atoms with van der Waals surface area (Å²) in [6.45, 7) is 3.72. The molecule has 0 unspecified atom stereocenters. The standard InChI is InChI=1S/C11H14NO.ClH/c1-2-4-11(5-3-1)10-12-6-8-13-9-7-12;/h1-5,10H,6-9H2;1H/q+1;/p-1. The van der Waals surface area contributed by atoms with Gasteiger partial charge in [-0.1, -0.05) is 18.2 Å². The SMILES string of the molecule is C(c1ccccc1)=[N+]1CCOCC1.[Cl-]. The van der Waals surface area contributed by atoms with E-state index in [0.29, 0.717) is 0 Å². The molecule has 0 spiro atoms. The Labute approximate surface area is 90.6 Å².